The van der Waals surface area contributed by atoms with Gasteiger partial charge in [-0.15, -0.1) is 0 Å². The number of carbonyl (C=O) groups excluding carboxylic acids is 1. The van der Waals surface area contributed by atoms with Gasteiger partial charge in [0.15, 0.2) is 5.78 Å². The lowest BCUT2D eigenvalue weighted by Gasteiger charge is -2.16. The van der Waals surface area contributed by atoms with Crippen LogP contribution in [0.2, 0.25) is 0 Å². The minimum Gasteiger partial charge on any atom is -0.506 e. The molecule has 4 heteroatoms. The topological polar surface area (TPSA) is 50.2 Å². The summed E-state index contributed by atoms with van der Waals surface area (Å²) in [7, 11) is 0. The van der Waals surface area contributed by atoms with Gasteiger partial charge < -0.3 is 5.11 Å². The first-order valence-electron chi connectivity index (χ1n) is 6.14. The average molecular weight is 285 g/mol. The molecule has 20 heavy (non-hydrogen) atoms. The Morgan fingerprint density at radius 3 is 2.65 bits per heavy atom. The molecule has 0 amide bonds. The number of ketones is 1. The lowest BCUT2D eigenvalue weighted by Crippen LogP contribution is -2.10. The molecule has 102 valence electrons. The van der Waals surface area contributed by atoms with Gasteiger partial charge in [0.05, 0.1) is 10.9 Å². The summed E-state index contributed by atoms with van der Waals surface area (Å²) in [5.41, 5.74) is 2.07. The number of nitrogens with zero attached hydrogens (tertiary/aromatic N) is 1. The van der Waals surface area contributed by atoms with Crippen molar-refractivity contribution in [1.29, 1.82) is 0 Å². The second-order valence-corrected chi connectivity index (χ2v) is 4.91. The van der Waals surface area contributed by atoms with Gasteiger partial charge >= 0.3 is 0 Å². The Labute approximate surface area is 123 Å². The summed E-state index contributed by atoms with van der Waals surface area (Å²) in [6.45, 7) is 5.36. The maximum Gasteiger partial charge on any atom is 0.180 e. The van der Waals surface area contributed by atoms with Crippen molar-refractivity contribution in [1.82, 2.24) is 4.98 Å². The molecule has 1 heterocycles. The monoisotopic (exact) mass is 285 g/mol. The van der Waals surface area contributed by atoms with Crippen LogP contribution in [0.1, 0.15) is 32.4 Å². The predicted molar refractivity (Wildman–Crippen MR) is 83.2 cm³/mol. The third-order valence-electron chi connectivity index (χ3n) is 3.11. The molecular formula is C16H15NO2S. The fraction of sp³-hybridized carbons (Fsp3) is 0.125. The number of thiol groups is 1. The first-order chi connectivity index (χ1) is 9.56. The zero-order valence-corrected chi connectivity index (χ0v) is 12.0. The highest BCUT2D eigenvalue weighted by atomic mass is 32.1. The number of benzene rings is 1. The van der Waals surface area contributed by atoms with Gasteiger partial charge in [-0.25, -0.2) is 0 Å². The van der Waals surface area contributed by atoms with Crippen LogP contribution in [0.15, 0.2) is 43.1 Å². The molecule has 1 aromatic carbocycles. The molecule has 0 radical (unpaired) electrons. The van der Waals surface area contributed by atoms with Gasteiger partial charge in [-0.2, -0.15) is 12.6 Å². The van der Waals surface area contributed by atoms with E-state index in [9.17, 15) is 9.90 Å². The first kappa shape index (κ1) is 14.3. The zero-order chi connectivity index (χ0) is 14.7. The third kappa shape index (κ3) is 2.60. The van der Waals surface area contributed by atoms with E-state index < -0.39 is 5.25 Å². The SMILES string of the molecule is C=Cc1cnc(C)c(O)c1C(S)C(=O)c1ccccc1. The van der Waals surface area contributed by atoms with Crippen LogP contribution in [0.25, 0.3) is 6.08 Å². The number of pyridine rings is 1. The fourth-order valence-electron chi connectivity index (χ4n) is 1.97. The second-order valence-electron chi connectivity index (χ2n) is 4.40. The van der Waals surface area contributed by atoms with Gasteiger partial charge in [-0.05, 0) is 6.92 Å². The van der Waals surface area contributed by atoms with Gasteiger partial charge in [0.2, 0.25) is 0 Å². The third-order valence-corrected chi connectivity index (χ3v) is 3.60. The minimum atomic E-state index is -0.757. The molecule has 0 aliphatic rings. The molecule has 0 saturated heterocycles. The van der Waals surface area contributed by atoms with E-state index in [4.69, 9.17) is 0 Å². The number of aryl methyl sites for hydroxylation is 1. The van der Waals surface area contributed by atoms with Crippen LogP contribution >= 0.6 is 12.6 Å². The zero-order valence-electron chi connectivity index (χ0n) is 11.1. The van der Waals surface area contributed by atoms with Crippen molar-refractivity contribution in [3.05, 3.63) is 65.5 Å². The number of aromatic nitrogens is 1. The second kappa shape index (κ2) is 5.92. The van der Waals surface area contributed by atoms with Gasteiger partial charge in [0.25, 0.3) is 0 Å². The van der Waals surface area contributed by atoms with Crippen molar-refractivity contribution in [2.45, 2.75) is 12.2 Å². The number of Topliss-reactive ketones (excluding diaryl/α,β-unsaturated/α-hetero) is 1. The minimum absolute atomic E-state index is 0.00770. The number of rotatable bonds is 4. The van der Waals surface area contributed by atoms with Crippen LogP contribution in [-0.2, 0) is 0 Å². The van der Waals surface area contributed by atoms with E-state index in [1.54, 1.807) is 43.5 Å². The van der Waals surface area contributed by atoms with Crippen molar-refractivity contribution in [3.63, 3.8) is 0 Å². The maximum atomic E-state index is 12.4. The van der Waals surface area contributed by atoms with Crippen LogP contribution in [0.4, 0.5) is 0 Å². The van der Waals surface area contributed by atoms with E-state index in [2.05, 4.69) is 24.2 Å². The molecule has 0 fully saturated rings. The smallest absolute Gasteiger partial charge is 0.180 e. The van der Waals surface area contributed by atoms with Gasteiger partial charge in [-0.1, -0.05) is 43.0 Å². The number of hydrogen-bond acceptors (Lipinski definition) is 4. The Balaban J connectivity index is 2.49. The van der Waals surface area contributed by atoms with Crippen molar-refractivity contribution in [2.75, 3.05) is 0 Å². The molecule has 2 aromatic rings. The highest BCUT2D eigenvalue weighted by Crippen LogP contribution is 2.35. The molecular weight excluding hydrogens is 270 g/mol. The molecule has 0 spiro atoms. The fourth-order valence-corrected chi connectivity index (χ4v) is 2.39. The Hall–Kier alpha value is -2.07. The Morgan fingerprint density at radius 2 is 2.05 bits per heavy atom. The standard InChI is InChI=1S/C16H15NO2S/c1-3-11-9-17-10(2)14(18)13(11)16(20)15(19)12-7-5-4-6-8-12/h3-9,16,18,20H,1H2,2H3. The molecule has 0 bridgehead atoms. The van der Waals surface area contributed by atoms with Gasteiger partial charge in [0, 0.05) is 22.9 Å². The number of carbonyl (C=O) groups is 1. The lowest BCUT2D eigenvalue weighted by atomic mass is 9.98. The largest absolute Gasteiger partial charge is 0.506 e. The maximum absolute atomic E-state index is 12.4. The van der Waals surface area contributed by atoms with E-state index in [-0.39, 0.29) is 11.5 Å². The summed E-state index contributed by atoms with van der Waals surface area (Å²) in [5.74, 6) is -0.176. The summed E-state index contributed by atoms with van der Waals surface area (Å²) in [4.78, 5) is 16.5. The highest BCUT2D eigenvalue weighted by molar-refractivity contribution is 7.81. The average Bonchev–Trinajstić information content (AvgIpc) is 2.49. The van der Waals surface area contributed by atoms with E-state index >= 15 is 0 Å². The van der Waals surface area contributed by atoms with E-state index in [0.717, 1.165) is 0 Å². The molecule has 1 N–H and O–H groups in total. The molecule has 0 aliphatic carbocycles. The number of aromatic hydroxyl groups is 1. The van der Waals surface area contributed by atoms with E-state index in [0.29, 0.717) is 22.4 Å². The van der Waals surface area contributed by atoms with E-state index in [1.807, 2.05) is 6.07 Å². The highest BCUT2D eigenvalue weighted by Gasteiger charge is 2.24. The van der Waals surface area contributed by atoms with Crippen molar-refractivity contribution in [2.24, 2.45) is 0 Å². The number of hydrogen-bond donors (Lipinski definition) is 2. The van der Waals surface area contributed by atoms with Crippen LogP contribution in [0.3, 0.4) is 0 Å². The normalized spacial score (nSPS) is 11.9. The molecule has 1 atom stereocenters. The predicted octanol–water partition coefficient (Wildman–Crippen LogP) is 3.59. The van der Waals surface area contributed by atoms with Crippen LogP contribution in [-0.4, -0.2) is 15.9 Å². The Morgan fingerprint density at radius 1 is 1.40 bits per heavy atom. The quantitative estimate of drug-likeness (QED) is 0.666. The summed E-state index contributed by atoms with van der Waals surface area (Å²) in [6, 6.07) is 8.88. The Kier molecular flexibility index (Phi) is 4.25. The van der Waals surface area contributed by atoms with Crippen LogP contribution < -0.4 is 0 Å². The van der Waals surface area contributed by atoms with Gasteiger partial charge in [0.1, 0.15) is 5.75 Å². The lowest BCUT2D eigenvalue weighted by molar-refractivity contribution is 0.0989. The summed E-state index contributed by atoms with van der Waals surface area (Å²) in [6.07, 6.45) is 3.14. The van der Waals surface area contributed by atoms with E-state index in [1.165, 1.54) is 0 Å². The molecule has 3 nitrogen and oxygen atoms in total. The first-order valence-corrected chi connectivity index (χ1v) is 6.66. The summed E-state index contributed by atoms with van der Waals surface area (Å²) >= 11 is 4.38. The van der Waals surface area contributed by atoms with Gasteiger partial charge in [-0.3, -0.25) is 9.78 Å². The molecule has 2 rings (SSSR count). The molecule has 0 saturated carbocycles. The molecule has 0 aliphatic heterocycles. The summed E-state index contributed by atoms with van der Waals surface area (Å²) in [5, 5.41) is 9.41. The van der Waals surface area contributed by atoms with Crippen molar-refractivity contribution < 1.29 is 9.90 Å². The Bertz CT molecular complexity index is 653. The van der Waals surface area contributed by atoms with Crippen molar-refractivity contribution >= 4 is 24.5 Å². The molecule has 1 aromatic heterocycles. The summed E-state index contributed by atoms with van der Waals surface area (Å²) < 4.78 is 0. The molecule has 1 unspecified atom stereocenters. The van der Waals surface area contributed by atoms with Crippen LogP contribution in [0, 0.1) is 6.92 Å². The van der Waals surface area contributed by atoms with Crippen molar-refractivity contribution in [3.8, 4) is 5.75 Å². The van der Waals surface area contributed by atoms with Crippen LogP contribution in [0.5, 0.6) is 5.75 Å².